The first-order chi connectivity index (χ1) is 27.1. The number of rotatable bonds is 9. The van der Waals surface area contributed by atoms with Crippen LogP contribution >= 0.6 is 0 Å². The van der Waals surface area contributed by atoms with Gasteiger partial charge < -0.3 is 39.2 Å². The lowest BCUT2D eigenvalue weighted by atomic mass is 9.92. The number of aliphatic hydroxyl groups is 1. The fourth-order valence-electron chi connectivity index (χ4n) is 8.32. The predicted molar refractivity (Wildman–Crippen MR) is 209 cm³/mol. The van der Waals surface area contributed by atoms with Crippen molar-refractivity contribution in [2.24, 2.45) is 13.0 Å². The molecule has 1 unspecified atom stereocenters. The normalized spacial score (nSPS) is 18.5. The molecule has 3 aliphatic rings. The van der Waals surface area contributed by atoms with E-state index in [0.29, 0.717) is 86.0 Å². The number of nitrogens with zero attached hydrogens (tertiary/aromatic N) is 7. The maximum absolute atomic E-state index is 15.8. The van der Waals surface area contributed by atoms with Crippen molar-refractivity contribution in [3.05, 3.63) is 70.7 Å². The molecule has 15 nitrogen and oxygen atoms in total. The summed E-state index contributed by atoms with van der Waals surface area (Å²) in [6.45, 7) is 4.78. The van der Waals surface area contributed by atoms with Gasteiger partial charge in [-0.3, -0.25) is 29.4 Å². The van der Waals surface area contributed by atoms with Crippen molar-refractivity contribution >= 4 is 45.0 Å². The van der Waals surface area contributed by atoms with Gasteiger partial charge in [-0.1, -0.05) is 0 Å². The van der Waals surface area contributed by atoms with Gasteiger partial charge in [-0.2, -0.15) is 5.10 Å². The van der Waals surface area contributed by atoms with E-state index in [-0.39, 0.29) is 41.8 Å². The molecule has 3 fully saturated rings. The van der Waals surface area contributed by atoms with Crippen LogP contribution in [0.3, 0.4) is 0 Å². The summed E-state index contributed by atoms with van der Waals surface area (Å²) in [5, 5.41) is 21.7. The molecule has 294 valence electrons. The topological polar surface area (TPSA) is 161 Å². The molecule has 0 spiro atoms. The standard InChI is InChI=1S/C40H46FN9O6/c1-46-22-29(26-6-10-42-21-28(26)39(46)53)25-19-32(55-2)30(33(20-25)56-3)23-47-14-16-49(17-15-47)35(52)18-24-7-11-48(12-8-24)31-5-4-27-37(36(31)41)44-45-38(27)50-13-9-34(51)43-40(50)54/h4-6,10,19-22,24,40,54H,7-9,11-18,23H2,1-3H3,(H,43,51)(H,44,45). The van der Waals surface area contributed by atoms with E-state index in [1.54, 1.807) is 50.4 Å². The number of amides is 2. The molecule has 2 aromatic carbocycles. The number of nitrogens with one attached hydrogen (secondary N) is 2. The minimum atomic E-state index is -1.23. The van der Waals surface area contributed by atoms with Gasteiger partial charge in [0.2, 0.25) is 18.2 Å². The zero-order valence-corrected chi connectivity index (χ0v) is 31.8. The maximum atomic E-state index is 15.8. The highest BCUT2D eigenvalue weighted by molar-refractivity contribution is 5.96. The summed E-state index contributed by atoms with van der Waals surface area (Å²) >= 11 is 0. The van der Waals surface area contributed by atoms with E-state index in [1.165, 1.54) is 4.90 Å². The number of halogens is 1. The van der Waals surface area contributed by atoms with Crippen molar-refractivity contribution in [1.82, 2.24) is 34.9 Å². The Morgan fingerprint density at radius 1 is 0.964 bits per heavy atom. The number of carbonyl (C=O) groups excluding carboxylic acids is 2. The number of fused-ring (bicyclic) bond motifs is 2. The van der Waals surface area contributed by atoms with Crippen molar-refractivity contribution < 1.29 is 28.6 Å². The van der Waals surface area contributed by atoms with Crippen LogP contribution in [0.5, 0.6) is 11.5 Å². The summed E-state index contributed by atoms with van der Waals surface area (Å²) in [4.78, 5) is 49.9. The fourth-order valence-corrected chi connectivity index (χ4v) is 8.32. The summed E-state index contributed by atoms with van der Waals surface area (Å²) in [6.07, 6.45) is 6.09. The number of piperidine rings is 1. The van der Waals surface area contributed by atoms with Crippen LogP contribution < -0.4 is 30.1 Å². The molecular formula is C40H46FN9O6. The van der Waals surface area contributed by atoms with Crippen LogP contribution in [0.1, 0.15) is 31.2 Å². The highest BCUT2D eigenvalue weighted by Crippen LogP contribution is 2.38. The van der Waals surface area contributed by atoms with Crippen LogP contribution in [0.2, 0.25) is 0 Å². The molecule has 6 heterocycles. The highest BCUT2D eigenvalue weighted by Gasteiger charge is 2.31. The number of benzene rings is 2. The lowest BCUT2D eigenvalue weighted by Gasteiger charge is -2.37. The third-order valence-corrected chi connectivity index (χ3v) is 11.5. The number of carbonyl (C=O) groups is 2. The van der Waals surface area contributed by atoms with Gasteiger partial charge >= 0.3 is 0 Å². The Labute approximate surface area is 322 Å². The number of methoxy groups -OCH3 is 2. The number of hydrogen-bond donors (Lipinski definition) is 3. The number of ether oxygens (including phenoxy) is 2. The molecule has 2 amide bonds. The van der Waals surface area contributed by atoms with Crippen LogP contribution in [-0.4, -0.2) is 113 Å². The number of aryl methyl sites for hydroxylation is 1. The molecule has 56 heavy (non-hydrogen) atoms. The molecule has 5 aromatic rings. The Morgan fingerprint density at radius 3 is 2.39 bits per heavy atom. The van der Waals surface area contributed by atoms with Gasteiger partial charge in [-0.05, 0) is 60.0 Å². The van der Waals surface area contributed by atoms with Crippen LogP contribution in [0.15, 0.2) is 53.7 Å². The summed E-state index contributed by atoms with van der Waals surface area (Å²) in [5.41, 5.74) is 3.26. The number of hydrogen-bond acceptors (Lipinski definition) is 11. The first kappa shape index (κ1) is 37.2. The van der Waals surface area contributed by atoms with Crippen LogP contribution in [0.25, 0.3) is 32.8 Å². The van der Waals surface area contributed by atoms with E-state index in [4.69, 9.17) is 9.47 Å². The molecule has 3 saturated heterocycles. The van der Waals surface area contributed by atoms with Crippen molar-refractivity contribution in [2.45, 2.75) is 38.6 Å². The summed E-state index contributed by atoms with van der Waals surface area (Å²) in [7, 11) is 5.01. The molecule has 8 rings (SSSR count). The number of aromatic nitrogens is 4. The largest absolute Gasteiger partial charge is 0.496 e. The molecule has 0 saturated carbocycles. The quantitative estimate of drug-likeness (QED) is 0.202. The van der Waals surface area contributed by atoms with E-state index >= 15 is 4.39 Å². The van der Waals surface area contributed by atoms with Gasteiger partial charge in [0.05, 0.1) is 30.9 Å². The molecular weight excluding hydrogens is 721 g/mol. The minimum Gasteiger partial charge on any atom is -0.496 e. The molecule has 3 aliphatic heterocycles. The van der Waals surface area contributed by atoms with Gasteiger partial charge in [0.25, 0.3) is 5.56 Å². The Morgan fingerprint density at radius 2 is 1.70 bits per heavy atom. The second-order valence-corrected chi connectivity index (χ2v) is 14.8. The van der Waals surface area contributed by atoms with Crippen LogP contribution in [0, 0.1) is 11.7 Å². The monoisotopic (exact) mass is 767 g/mol. The smallest absolute Gasteiger partial charge is 0.259 e. The van der Waals surface area contributed by atoms with Gasteiger partial charge in [0.15, 0.2) is 11.6 Å². The summed E-state index contributed by atoms with van der Waals surface area (Å²) < 4.78 is 29.1. The molecule has 0 bridgehead atoms. The summed E-state index contributed by atoms with van der Waals surface area (Å²) in [6, 6.07) is 9.34. The van der Waals surface area contributed by atoms with Crippen molar-refractivity contribution in [3.8, 4) is 22.6 Å². The van der Waals surface area contributed by atoms with Crippen molar-refractivity contribution in [2.75, 3.05) is 69.8 Å². The van der Waals surface area contributed by atoms with Gasteiger partial charge in [0, 0.05) is 102 Å². The average molecular weight is 768 g/mol. The third kappa shape index (κ3) is 6.98. The Bertz CT molecular complexity index is 2320. The third-order valence-electron chi connectivity index (χ3n) is 11.5. The van der Waals surface area contributed by atoms with Gasteiger partial charge in [-0.15, -0.1) is 0 Å². The molecule has 3 aromatic heterocycles. The number of aromatic amines is 1. The average Bonchev–Trinajstić information content (AvgIpc) is 3.65. The molecule has 1 atom stereocenters. The van der Waals surface area contributed by atoms with Crippen molar-refractivity contribution in [1.29, 1.82) is 0 Å². The fraction of sp³-hybridized carbons (Fsp3) is 0.425. The Hall–Kier alpha value is -5.74. The van der Waals surface area contributed by atoms with Crippen LogP contribution in [0.4, 0.5) is 15.9 Å². The molecule has 16 heteroatoms. The van der Waals surface area contributed by atoms with Crippen molar-refractivity contribution in [3.63, 3.8) is 0 Å². The van der Waals surface area contributed by atoms with Crippen LogP contribution in [-0.2, 0) is 23.2 Å². The second-order valence-electron chi connectivity index (χ2n) is 14.8. The number of pyridine rings is 2. The SMILES string of the molecule is COc1cc(-c2cn(C)c(=O)c3cnccc23)cc(OC)c1CN1CCN(C(=O)CC2CCN(c3ccc4c(N5CCC(=O)NC5O)n[nH]c4c3F)CC2)CC1. The lowest BCUT2D eigenvalue weighted by molar-refractivity contribution is -0.134. The molecule has 3 N–H and O–H groups in total. The van der Waals surface area contributed by atoms with E-state index < -0.39 is 12.2 Å². The zero-order chi connectivity index (χ0) is 39.1. The highest BCUT2D eigenvalue weighted by atomic mass is 19.1. The van der Waals surface area contributed by atoms with E-state index in [9.17, 15) is 19.5 Å². The van der Waals surface area contributed by atoms with E-state index in [2.05, 4.69) is 25.4 Å². The van der Waals surface area contributed by atoms with E-state index in [0.717, 1.165) is 34.9 Å². The minimum absolute atomic E-state index is 0.113. The van der Waals surface area contributed by atoms with Gasteiger partial charge in [-0.25, -0.2) is 4.39 Å². The van der Waals surface area contributed by atoms with Gasteiger partial charge in [0.1, 0.15) is 17.0 Å². The molecule has 0 radical (unpaired) electrons. The number of aliphatic hydroxyl groups excluding tert-OH is 1. The zero-order valence-electron chi connectivity index (χ0n) is 31.8. The number of piperazine rings is 1. The van der Waals surface area contributed by atoms with E-state index in [1.807, 2.05) is 34.2 Å². The number of anilines is 2. The maximum Gasteiger partial charge on any atom is 0.259 e. The predicted octanol–water partition coefficient (Wildman–Crippen LogP) is 3.19. The summed E-state index contributed by atoms with van der Waals surface area (Å²) in [5.74, 6) is 1.45. The first-order valence-corrected chi connectivity index (χ1v) is 19.0. The molecule has 0 aliphatic carbocycles. The lowest BCUT2D eigenvalue weighted by Crippen LogP contribution is -2.54. The number of H-pyrrole nitrogens is 1. The Kier molecular flexibility index (Phi) is 10.2. The Balaban J connectivity index is 0.863. The second kappa shape index (κ2) is 15.4. The first-order valence-electron chi connectivity index (χ1n) is 19.0.